The quantitative estimate of drug-likeness (QED) is 0.667. The minimum atomic E-state index is -1.29. The van der Waals surface area contributed by atoms with Gasteiger partial charge in [-0.05, 0) is 26.3 Å². The van der Waals surface area contributed by atoms with Gasteiger partial charge in [0.2, 0.25) is 0 Å². The number of esters is 1. The Hall–Kier alpha value is -2.09. The van der Waals surface area contributed by atoms with Gasteiger partial charge in [0.25, 0.3) is 0 Å². The highest BCUT2D eigenvalue weighted by Gasteiger charge is 2.26. The van der Waals surface area contributed by atoms with Gasteiger partial charge >= 0.3 is 12.1 Å². The lowest BCUT2D eigenvalue weighted by Crippen LogP contribution is -2.42. The SMILES string of the molecule is CCOC(=O)C(Cc1cc(C2CCCN2)no1)NC(=O)O. The third-order valence-corrected chi connectivity index (χ3v) is 3.27. The van der Waals surface area contributed by atoms with Crippen LogP contribution in [0.5, 0.6) is 0 Å². The summed E-state index contributed by atoms with van der Waals surface area (Å²) in [6.45, 7) is 2.79. The third kappa shape index (κ3) is 4.19. The maximum Gasteiger partial charge on any atom is 0.405 e. The van der Waals surface area contributed by atoms with Crippen LogP contribution in [0.25, 0.3) is 0 Å². The van der Waals surface area contributed by atoms with Crippen molar-refractivity contribution in [2.24, 2.45) is 0 Å². The molecule has 1 fully saturated rings. The summed E-state index contributed by atoms with van der Waals surface area (Å²) < 4.78 is 10.0. The lowest BCUT2D eigenvalue weighted by Gasteiger charge is -2.13. The topological polar surface area (TPSA) is 114 Å². The summed E-state index contributed by atoms with van der Waals surface area (Å²) in [7, 11) is 0. The molecule has 3 N–H and O–H groups in total. The fourth-order valence-corrected chi connectivity index (χ4v) is 2.31. The lowest BCUT2D eigenvalue weighted by atomic mass is 10.1. The number of aromatic nitrogens is 1. The maximum absolute atomic E-state index is 11.7. The number of nitrogens with one attached hydrogen (secondary N) is 2. The van der Waals surface area contributed by atoms with Crippen LogP contribution in [0.2, 0.25) is 0 Å². The molecule has 0 aliphatic carbocycles. The van der Waals surface area contributed by atoms with E-state index in [1.165, 1.54) is 0 Å². The van der Waals surface area contributed by atoms with E-state index in [-0.39, 0.29) is 19.1 Å². The fourth-order valence-electron chi connectivity index (χ4n) is 2.31. The second-order valence-corrected chi connectivity index (χ2v) is 4.83. The zero-order chi connectivity index (χ0) is 15.2. The summed E-state index contributed by atoms with van der Waals surface area (Å²) in [4.78, 5) is 22.5. The number of nitrogens with zero attached hydrogens (tertiary/aromatic N) is 1. The Balaban J connectivity index is 2.01. The highest BCUT2D eigenvalue weighted by atomic mass is 16.5. The average molecular weight is 297 g/mol. The third-order valence-electron chi connectivity index (χ3n) is 3.27. The molecule has 8 heteroatoms. The van der Waals surface area contributed by atoms with Crippen LogP contribution in [0.15, 0.2) is 10.6 Å². The molecule has 2 rings (SSSR count). The van der Waals surface area contributed by atoms with Crippen LogP contribution in [-0.2, 0) is 16.0 Å². The van der Waals surface area contributed by atoms with Crippen molar-refractivity contribution in [1.29, 1.82) is 0 Å². The molecule has 0 aromatic carbocycles. The number of hydrogen-bond donors (Lipinski definition) is 3. The number of rotatable bonds is 6. The van der Waals surface area contributed by atoms with Crippen LogP contribution >= 0.6 is 0 Å². The number of carbonyl (C=O) groups excluding carboxylic acids is 1. The Morgan fingerprint density at radius 1 is 1.67 bits per heavy atom. The molecule has 1 aromatic heterocycles. The van der Waals surface area contributed by atoms with Crippen molar-refractivity contribution in [3.63, 3.8) is 0 Å². The van der Waals surface area contributed by atoms with Gasteiger partial charge in [0, 0.05) is 12.5 Å². The van der Waals surface area contributed by atoms with Crippen LogP contribution in [0.1, 0.15) is 37.3 Å². The summed E-state index contributed by atoms with van der Waals surface area (Å²) in [6.07, 6.45) is 0.856. The van der Waals surface area contributed by atoms with Crippen molar-refractivity contribution in [3.8, 4) is 0 Å². The molecule has 1 saturated heterocycles. The molecule has 116 valence electrons. The standard InChI is InChI=1S/C13H19N3O5/c1-2-20-12(17)11(15-13(18)19)7-8-6-10(16-21-8)9-4-3-5-14-9/h6,9,11,14-15H,2-5,7H2,1H3,(H,18,19). The first-order valence-electron chi connectivity index (χ1n) is 6.95. The van der Waals surface area contributed by atoms with Crippen molar-refractivity contribution in [1.82, 2.24) is 15.8 Å². The van der Waals surface area contributed by atoms with Gasteiger partial charge in [0.1, 0.15) is 17.5 Å². The molecular weight excluding hydrogens is 278 g/mol. The van der Waals surface area contributed by atoms with Gasteiger partial charge in [-0.15, -0.1) is 0 Å². The zero-order valence-electron chi connectivity index (χ0n) is 11.8. The molecule has 0 bridgehead atoms. The van der Waals surface area contributed by atoms with Crippen LogP contribution in [0, 0.1) is 0 Å². The Morgan fingerprint density at radius 3 is 3.10 bits per heavy atom. The lowest BCUT2D eigenvalue weighted by molar-refractivity contribution is -0.145. The van der Waals surface area contributed by atoms with E-state index >= 15 is 0 Å². The molecule has 0 spiro atoms. The molecule has 2 unspecified atom stereocenters. The highest BCUT2D eigenvalue weighted by Crippen LogP contribution is 2.23. The van der Waals surface area contributed by atoms with E-state index in [1.54, 1.807) is 13.0 Å². The molecule has 1 aromatic rings. The van der Waals surface area contributed by atoms with Crippen molar-refractivity contribution in [3.05, 3.63) is 17.5 Å². The minimum absolute atomic E-state index is 0.0743. The number of hydrogen-bond acceptors (Lipinski definition) is 6. The molecule has 0 radical (unpaired) electrons. The highest BCUT2D eigenvalue weighted by molar-refractivity contribution is 5.80. The van der Waals surface area contributed by atoms with Crippen LogP contribution < -0.4 is 10.6 Å². The number of carbonyl (C=O) groups is 2. The second kappa shape index (κ2) is 7.07. The average Bonchev–Trinajstić information content (AvgIpc) is 3.08. The van der Waals surface area contributed by atoms with Gasteiger partial charge in [-0.2, -0.15) is 0 Å². The summed E-state index contributed by atoms with van der Waals surface area (Å²) in [5.41, 5.74) is 0.778. The molecule has 2 heterocycles. The van der Waals surface area contributed by atoms with Gasteiger partial charge in [-0.25, -0.2) is 9.59 Å². The normalized spacial score (nSPS) is 19.2. The molecule has 0 saturated carbocycles. The van der Waals surface area contributed by atoms with E-state index in [1.807, 2.05) is 0 Å². The fraction of sp³-hybridized carbons (Fsp3) is 0.615. The Morgan fingerprint density at radius 2 is 2.48 bits per heavy atom. The Kier molecular flexibility index (Phi) is 5.15. The van der Waals surface area contributed by atoms with Crippen LogP contribution in [0.4, 0.5) is 4.79 Å². The van der Waals surface area contributed by atoms with Gasteiger partial charge < -0.3 is 25.0 Å². The summed E-state index contributed by atoms with van der Waals surface area (Å²) in [6, 6.07) is 0.911. The van der Waals surface area contributed by atoms with E-state index in [2.05, 4.69) is 15.8 Å². The number of carboxylic acid groups (broad SMARTS) is 1. The molecule has 21 heavy (non-hydrogen) atoms. The van der Waals surface area contributed by atoms with Crippen molar-refractivity contribution in [2.75, 3.05) is 13.2 Å². The van der Waals surface area contributed by atoms with Crippen molar-refractivity contribution in [2.45, 2.75) is 38.3 Å². The summed E-state index contributed by atoms with van der Waals surface area (Å²) in [5, 5.41) is 18.2. The largest absolute Gasteiger partial charge is 0.465 e. The van der Waals surface area contributed by atoms with Gasteiger partial charge in [0.15, 0.2) is 0 Å². The second-order valence-electron chi connectivity index (χ2n) is 4.83. The van der Waals surface area contributed by atoms with Crippen molar-refractivity contribution < 1.29 is 24.0 Å². The molecular formula is C13H19N3O5. The maximum atomic E-state index is 11.7. The number of amides is 1. The predicted molar refractivity (Wildman–Crippen MR) is 71.8 cm³/mol. The van der Waals surface area contributed by atoms with Crippen LogP contribution in [-0.4, -0.2) is 41.5 Å². The predicted octanol–water partition coefficient (Wildman–Crippen LogP) is 0.841. The van der Waals surface area contributed by atoms with E-state index in [9.17, 15) is 9.59 Å². The first kappa shape index (κ1) is 15.3. The molecule has 1 aliphatic rings. The Labute approximate surface area is 121 Å². The molecule has 1 aliphatic heterocycles. The molecule has 2 atom stereocenters. The van der Waals surface area contributed by atoms with Crippen LogP contribution in [0.3, 0.4) is 0 Å². The minimum Gasteiger partial charge on any atom is -0.465 e. The summed E-state index contributed by atoms with van der Waals surface area (Å²) in [5.74, 6) is -0.178. The van der Waals surface area contributed by atoms with E-state index in [0.717, 1.165) is 25.1 Å². The van der Waals surface area contributed by atoms with E-state index in [0.29, 0.717) is 5.76 Å². The van der Waals surface area contributed by atoms with Gasteiger partial charge in [-0.1, -0.05) is 5.16 Å². The smallest absolute Gasteiger partial charge is 0.405 e. The zero-order valence-corrected chi connectivity index (χ0v) is 11.8. The van der Waals surface area contributed by atoms with E-state index < -0.39 is 18.1 Å². The first-order valence-corrected chi connectivity index (χ1v) is 6.95. The van der Waals surface area contributed by atoms with E-state index in [4.69, 9.17) is 14.4 Å². The first-order chi connectivity index (χ1) is 10.1. The Bertz CT molecular complexity index is 496. The summed E-state index contributed by atoms with van der Waals surface area (Å²) >= 11 is 0. The van der Waals surface area contributed by atoms with Gasteiger partial charge in [0.05, 0.1) is 12.6 Å². The monoisotopic (exact) mass is 297 g/mol. The molecule has 8 nitrogen and oxygen atoms in total. The van der Waals surface area contributed by atoms with Gasteiger partial charge in [-0.3, -0.25) is 0 Å². The van der Waals surface area contributed by atoms with Crippen molar-refractivity contribution >= 4 is 12.1 Å². The molecule has 1 amide bonds. The number of ether oxygens (including phenoxy) is 1.